The molecule has 0 fully saturated rings. The maximum Gasteiger partial charge on any atom is 0.220 e. The molecule has 4 heteroatoms. The fraction of sp³-hybridized carbons (Fsp3) is 0.438. The van der Waals surface area contributed by atoms with Crippen molar-refractivity contribution in [3.05, 3.63) is 34.5 Å². The normalized spacial score (nSPS) is 18.0. The molecule has 3 rings (SSSR count). The minimum atomic E-state index is 0.170. The standard InChI is InChI=1S/C16H19ClN2O/c1-2-3-16(20)18-11-5-7-14-13(9-11)12-6-4-10(17)8-15(12)19-14/h4,6,8,11,19H,2-3,5,7,9H2,1H3,(H,18,20). The smallest absolute Gasteiger partial charge is 0.220 e. The lowest BCUT2D eigenvalue weighted by Gasteiger charge is -2.23. The Labute approximate surface area is 123 Å². The Morgan fingerprint density at radius 1 is 1.50 bits per heavy atom. The van der Waals surface area contributed by atoms with Crippen LogP contribution >= 0.6 is 11.6 Å². The van der Waals surface area contributed by atoms with E-state index in [1.54, 1.807) is 0 Å². The van der Waals surface area contributed by atoms with Gasteiger partial charge in [0.1, 0.15) is 0 Å². The van der Waals surface area contributed by atoms with Gasteiger partial charge in [-0.3, -0.25) is 4.79 Å². The number of hydrogen-bond acceptors (Lipinski definition) is 1. The molecule has 20 heavy (non-hydrogen) atoms. The van der Waals surface area contributed by atoms with E-state index >= 15 is 0 Å². The summed E-state index contributed by atoms with van der Waals surface area (Å²) in [7, 11) is 0. The van der Waals surface area contributed by atoms with Crippen LogP contribution in [0.15, 0.2) is 18.2 Å². The van der Waals surface area contributed by atoms with Crippen molar-refractivity contribution in [3.8, 4) is 0 Å². The molecule has 1 aromatic heterocycles. The van der Waals surface area contributed by atoms with Crippen LogP contribution in [0.3, 0.4) is 0 Å². The lowest BCUT2D eigenvalue weighted by molar-refractivity contribution is -0.121. The van der Waals surface area contributed by atoms with Crippen molar-refractivity contribution in [1.29, 1.82) is 0 Å². The molecule has 1 aromatic carbocycles. The Balaban J connectivity index is 1.83. The highest BCUT2D eigenvalue weighted by molar-refractivity contribution is 6.31. The molecule has 0 bridgehead atoms. The molecule has 1 aliphatic carbocycles. The van der Waals surface area contributed by atoms with Crippen molar-refractivity contribution in [2.45, 2.75) is 45.1 Å². The van der Waals surface area contributed by atoms with E-state index in [0.29, 0.717) is 6.42 Å². The fourth-order valence-electron chi connectivity index (χ4n) is 3.05. The van der Waals surface area contributed by atoms with Crippen molar-refractivity contribution in [1.82, 2.24) is 10.3 Å². The molecule has 1 heterocycles. The second-order valence-corrected chi connectivity index (χ2v) is 5.97. The number of H-pyrrole nitrogens is 1. The minimum absolute atomic E-state index is 0.170. The Morgan fingerprint density at radius 2 is 2.35 bits per heavy atom. The number of fused-ring (bicyclic) bond motifs is 3. The summed E-state index contributed by atoms with van der Waals surface area (Å²) in [5.74, 6) is 0.170. The van der Waals surface area contributed by atoms with Crippen LogP contribution in [0, 0.1) is 0 Å². The predicted molar refractivity (Wildman–Crippen MR) is 82.2 cm³/mol. The predicted octanol–water partition coefficient (Wildman–Crippen LogP) is 3.59. The monoisotopic (exact) mass is 290 g/mol. The van der Waals surface area contributed by atoms with Gasteiger partial charge in [0.05, 0.1) is 0 Å². The minimum Gasteiger partial charge on any atom is -0.358 e. The highest BCUT2D eigenvalue weighted by atomic mass is 35.5. The zero-order valence-corrected chi connectivity index (χ0v) is 12.4. The number of hydrogen-bond donors (Lipinski definition) is 2. The summed E-state index contributed by atoms with van der Waals surface area (Å²) >= 11 is 6.04. The summed E-state index contributed by atoms with van der Waals surface area (Å²) < 4.78 is 0. The first kappa shape index (κ1) is 13.5. The third-order valence-electron chi connectivity index (χ3n) is 3.99. The highest BCUT2D eigenvalue weighted by Gasteiger charge is 2.23. The maximum atomic E-state index is 11.7. The average molecular weight is 291 g/mol. The third-order valence-corrected chi connectivity index (χ3v) is 4.23. The first-order valence-electron chi connectivity index (χ1n) is 7.25. The molecule has 3 nitrogen and oxygen atoms in total. The van der Waals surface area contributed by atoms with E-state index in [9.17, 15) is 4.79 Å². The van der Waals surface area contributed by atoms with Crippen molar-refractivity contribution >= 4 is 28.4 Å². The van der Waals surface area contributed by atoms with Crippen LogP contribution in [-0.2, 0) is 17.6 Å². The van der Waals surface area contributed by atoms with Crippen molar-refractivity contribution in [2.24, 2.45) is 0 Å². The molecule has 1 atom stereocenters. The van der Waals surface area contributed by atoms with Gasteiger partial charge in [-0.15, -0.1) is 0 Å². The second kappa shape index (κ2) is 5.49. The molecule has 0 aliphatic heterocycles. The second-order valence-electron chi connectivity index (χ2n) is 5.53. The van der Waals surface area contributed by atoms with Gasteiger partial charge < -0.3 is 10.3 Å². The van der Waals surface area contributed by atoms with Gasteiger partial charge >= 0.3 is 0 Å². The number of halogens is 1. The number of carbonyl (C=O) groups is 1. The summed E-state index contributed by atoms with van der Waals surface area (Å²) in [6, 6.07) is 6.23. The molecule has 1 amide bonds. The number of nitrogens with one attached hydrogen (secondary N) is 2. The molecule has 106 valence electrons. The number of aromatic amines is 1. The highest BCUT2D eigenvalue weighted by Crippen LogP contribution is 2.30. The molecule has 0 saturated carbocycles. The van der Waals surface area contributed by atoms with E-state index in [1.807, 2.05) is 19.1 Å². The van der Waals surface area contributed by atoms with Crippen LogP contribution in [0.2, 0.25) is 5.02 Å². The molecular weight excluding hydrogens is 272 g/mol. The number of amides is 1. The number of aryl methyl sites for hydroxylation is 1. The average Bonchev–Trinajstić information content (AvgIpc) is 2.75. The largest absolute Gasteiger partial charge is 0.358 e. The van der Waals surface area contributed by atoms with Crippen molar-refractivity contribution in [3.63, 3.8) is 0 Å². The van der Waals surface area contributed by atoms with Gasteiger partial charge in [0, 0.05) is 34.1 Å². The fourth-order valence-corrected chi connectivity index (χ4v) is 3.22. The molecule has 2 aromatic rings. The molecule has 1 unspecified atom stereocenters. The summed E-state index contributed by atoms with van der Waals surface area (Å²) in [6.07, 6.45) is 4.41. The van der Waals surface area contributed by atoms with Crippen LogP contribution in [0.5, 0.6) is 0 Å². The van der Waals surface area contributed by atoms with E-state index in [4.69, 9.17) is 11.6 Å². The van der Waals surface area contributed by atoms with Crippen LogP contribution < -0.4 is 5.32 Å². The Hall–Kier alpha value is -1.48. The van der Waals surface area contributed by atoms with Gasteiger partial charge in [0.25, 0.3) is 0 Å². The molecule has 0 spiro atoms. The number of rotatable bonds is 3. The lowest BCUT2D eigenvalue weighted by Crippen LogP contribution is -2.38. The SMILES string of the molecule is CCCC(=O)NC1CCc2[nH]c3cc(Cl)ccc3c2C1. The summed E-state index contributed by atoms with van der Waals surface area (Å²) in [5.41, 5.74) is 3.73. The van der Waals surface area contributed by atoms with Crippen molar-refractivity contribution in [2.75, 3.05) is 0 Å². The Bertz CT molecular complexity index is 647. The van der Waals surface area contributed by atoms with Crippen LogP contribution in [-0.4, -0.2) is 16.9 Å². The van der Waals surface area contributed by atoms with Crippen LogP contribution in [0.4, 0.5) is 0 Å². The van der Waals surface area contributed by atoms with Crippen molar-refractivity contribution < 1.29 is 4.79 Å². The van der Waals surface area contributed by atoms with Gasteiger partial charge in [0.2, 0.25) is 5.91 Å². The molecule has 0 radical (unpaired) electrons. The van der Waals surface area contributed by atoms with E-state index in [1.165, 1.54) is 16.6 Å². The van der Waals surface area contributed by atoms with E-state index in [-0.39, 0.29) is 11.9 Å². The quantitative estimate of drug-likeness (QED) is 0.891. The molecule has 0 saturated heterocycles. The molecule has 1 aliphatic rings. The lowest BCUT2D eigenvalue weighted by atomic mass is 9.91. The van der Waals surface area contributed by atoms with Gasteiger partial charge in [-0.2, -0.15) is 0 Å². The van der Waals surface area contributed by atoms with Crippen LogP contribution in [0.1, 0.15) is 37.4 Å². The van der Waals surface area contributed by atoms with E-state index in [0.717, 1.165) is 36.2 Å². The number of benzene rings is 1. The Kier molecular flexibility index (Phi) is 3.70. The molecule has 2 N–H and O–H groups in total. The summed E-state index contributed by atoms with van der Waals surface area (Å²) in [4.78, 5) is 15.2. The van der Waals surface area contributed by atoms with E-state index in [2.05, 4.69) is 16.4 Å². The first-order valence-corrected chi connectivity index (χ1v) is 7.63. The topological polar surface area (TPSA) is 44.9 Å². The van der Waals surface area contributed by atoms with Gasteiger partial charge in [-0.05, 0) is 43.4 Å². The van der Waals surface area contributed by atoms with Gasteiger partial charge in [0.15, 0.2) is 0 Å². The zero-order valence-electron chi connectivity index (χ0n) is 11.6. The maximum absolute atomic E-state index is 11.7. The first-order chi connectivity index (χ1) is 9.67. The third kappa shape index (κ3) is 2.55. The number of aromatic nitrogens is 1. The van der Waals surface area contributed by atoms with Gasteiger partial charge in [-0.25, -0.2) is 0 Å². The van der Waals surface area contributed by atoms with E-state index < -0.39 is 0 Å². The Morgan fingerprint density at radius 3 is 3.15 bits per heavy atom. The van der Waals surface area contributed by atoms with Gasteiger partial charge in [-0.1, -0.05) is 24.6 Å². The summed E-state index contributed by atoms with van der Waals surface area (Å²) in [5, 5.41) is 5.14. The van der Waals surface area contributed by atoms with Crippen LogP contribution in [0.25, 0.3) is 10.9 Å². The zero-order chi connectivity index (χ0) is 14.1. The number of carbonyl (C=O) groups excluding carboxylic acids is 1. The summed E-state index contributed by atoms with van der Waals surface area (Å²) in [6.45, 7) is 2.03. The molecular formula is C16H19ClN2O.